The van der Waals surface area contributed by atoms with Crippen LogP contribution in [0.5, 0.6) is 5.75 Å². The highest BCUT2D eigenvalue weighted by molar-refractivity contribution is 5.56. The summed E-state index contributed by atoms with van der Waals surface area (Å²) >= 11 is 0. The predicted molar refractivity (Wildman–Crippen MR) is 63.1 cm³/mol. The molecule has 5 nitrogen and oxygen atoms in total. The molecule has 0 fully saturated rings. The summed E-state index contributed by atoms with van der Waals surface area (Å²) < 4.78 is 28.1. The zero-order chi connectivity index (χ0) is 13.7. The number of benzene rings is 1. The van der Waals surface area contributed by atoms with Crippen LogP contribution in [0.2, 0.25) is 0 Å². The monoisotopic (exact) mass is 262 g/mol. The van der Waals surface area contributed by atoms with Crippen molar-refractivity contribution in [3.8, 4) is 11.8 Å². The molecule has 0 aliphatic heterocycles. The van der Waals surface area contributed by atoms with Crippen molar-refractivity contribution in [2.24, 2.45) is 0 Å². The lowest BCUT2D eigenvalue weighted by Crippen LogP contribution is -2.01. The summed E-state index contributed by atoms with van der Waals surface area (Å²) in [5.74, 6) is 0.521. The third-order valence-corrected chi connectivity index (χ3v) is 2.12. The first-order valence-electron chi connectivity index (χ1n) is 5.21. The predicted octanol–water partition coefficient (Wildman–Crippen LogP) is 2.69. The molecule has 1 heterocycles. The fourth-order valence-corrected chi connectivity index (χ4v) is 1.32. The highest BCUT2D eigenvalue weighted by Gasteiger charge is 2.04. The molecule has 0 aliphatic rings. The average Bonchev–Trinajstić information content (AvgIpc) is 2.41. The second-order valence-electron chi connectivity index (χ2n) is 3.43. The Kier molecular flexibility index (Phi) is 3.83. The van der Waals surface area contributed by atoms with Crippen molar-refractivity contribution < 1.29 is 13.5 Å². The van der Waals surface area contributed by atoms with E-state index in [1.54, 1.807) is 12.1 Å². The number of nitrogens with one attached hydrogen (secondary N) is 1. The molecule has 0 saturated heterocycles. The van der Waals surface area contributed by atoms with E-state index in [1.165, 1.54) is 24.5 Å². The number of hydrogen-bond acceptors (Lipinski definition) is 5. The van der Waals surface area contributed by atoms with Gasteiger partial charge in [-0.25, -0.2) is 9.97 Å². The molecule has 1 aromatic heterocycles. The molecule has 0 atom stereocenters. The van der Waals surface area contributed by atoms with E-state index in [0.717, 1.165) is 0 Å². The van der Waals surface area contributed by atoms with Crippen molar-refractivity contribution in [3.05, 3.63) is 42.4 Å². The maximum absolute atomic E-state index is 12.0. The second-order valence-corrected chi connectivity index (χ2v) is 3.43. The van der Waals surface area contributed by atoms with Crippen molar-refractivity contribution in [2.75, 3.05) is 5.32 Å². The molecule has 2 aromatic rings. The van der Waals surface area contributed by atoms with Gasteiger partial charge in [-0.1, -0.05) is 0 Å². The fraction of sp³-hybridized carbons (Fsp3) is 0.0833. The topological polar surface area (TPSA) is 70.8 Å². The van der Waals surface area contributed by atoms with Gasteiger partial charge in [0.1, 0.15) is 17.6 Å². The first-order valence-corrected chi connectivity index (χ1v) is 5.21. The van der Waals surface area contributed by atoms with Crippen molar-refractivity contribution >= 4 is 11.5 Å². The van der Waals surface area contributed by atoms with Crippen molar-refractivity contribution in [1.29, 1.82) is 5.26 Å². The van der Waals surface area contributed by atoms with Crippen LogP contribution in [0, 0.1) is 11.3 Å². The Balaban J connectivity index is 2.04. The van der Waals surface area contributed by atoms with Gasteiger partial charge in [-0.3, -0.25) is 0 Å². The first kappa shape index (κ1) is 12.7. The van der Waals surface area contributed by atoms with Crippen LogP contribution in [0.25, 0.3) is 0 Å². The van der Waals surface area contributed by atoms with E-state index in [-0.39, 0.29) is 11.4 Å². The van der Waals surface area contributed by atoms with Crippen molar-refractivity contribution in [3.63, 3.8) is 0 Å². The Morgan fingerprint density at radius 2 is 1.89 bits per heavy atom. The number of anilines is 2. The molecule has 2 rings (SSSR count). The molecule has 0 amide bonds. The Bertz CT molecular complexity index is 578. The molecule has 1 aromatic carbocycles. The quantitative estimate of drug-likeness (QED) is 0.917. The number of alkyl halides is 2. The molecule has 0 unspecified atom stereocenters. The van der Waals surface area contributed by atoms with Crippen LogP contribution in [0.1, 0.15) is 5.69 Å². The third-order valence-electron chi connectivity index (χ3n) is 2.12. The molecule has 0 spiro atoms. The highest BCUT2D eigenvalue weighted by Crippen LogP contribution is 2.19. The Morgan fingerprint density at radius 1 is 1.16 bits per heavy atom. The smallest absolute Gasteiger partial charge is 0.387 e. The summed E-state index contributed by atoms with van der Waals surface area (Å²) in [7, 11) is 0. The van der Waals surface area contributed by atoms with Gasteiger partial charge in [0.05, 0.1) is 12.4 Å². The SMILES string of the molecule is N#Cc1cnc(Nc2ccc(OC(F)F)cc2)cn1. The summed E-state index contributed by atoms with van der Waals surface area (Å²) in [6, 6.07) is 7.81. The standard InChI is InChI=1S/C12H8F2N4O/c13-12(14)19-10-3-1-8(2-4-10)18-11-7-16-9(5-15)6-17-11/h1-4,6-7,12H,(H,17,18). The molecule has 0 saturated carbocycles. The summed E-state index contributed by atoms with van der Waals surface area (Å²) in [5, 5.41) is 11.5. The number of nitrogens with zero attached hydrogens (tertiary/aromatic N) is 3. The lowest BCUT2D eigenvalue weighted by atomic mass is 10.3. The molecule has 0 bridgehead atoms. The maximum Gasteiger partial charge on any atom is 0.387 e. The Morgan fingerprint density at radius 3 is 2.42 bits per heavy atom. The number of nitriles is 1. The van der Waals surface area contributed by atoms with Crippen molar-refractivity contribution in [2.45, 2.75) is 6.61 Å². The van der Waals surface area contributed by atoms with Gasteiger partial charge >= 0.3 is 6.61 Å². The fourth-order valence-electron chi connectivity index (χ4n) is 1.32. The first-order chi connectivity index (χ1) is 9.17. The zero-order valence-electron chi connectivity index (χ0n) is 9.55. The number of hydrogen-bond donors (Lipinski definition) is 1. The Hall–Kier alpha value is -2.75. The maximum atomic E-state index is 12.0. The number of rotatable bonds is 4. The van der Waals surface area contributed by atoms with Gasteiger partial charge in [0.25, 0.3) is 0 Å². The lowest BCUT2D eigenvalue weighted by molar-refractivity contribution is -0.0498. The van der Waals surface area contributed by atoms with Crippen LogP contribution in [-0.2, 0) is 0 Å². The normalized spacial score (nSPS) is 10.0. The van der Waals surface area contributed by atoms with E-state index in [9.17, 15) is 8.78 Å². The lowest BCUT2D eigenvalue weighted by Gasteiger charge is -2.07. The number of aromatic nitrogens is 2. The minimum absolute atomic E-state index is 0.0754. The molecular weight excluding hydrogens is 254 g/mol. The van der Waals surface area contributed by atoms with Crippen LogP contribution in [0.3, 0.4) is 0 Å². The van der Waals surface area contributed by atoms with Gasteiger partial charge in [0.2, 0.25) is 0 Å². The van der Waals surface area contributed by atoms with Crippen molar-refractivity contribution in [1.82, 2.24) is 9.97 Å². The van der Waals surface area contributed by atoms with Gasteiger partial charge in [0.15, 0.2) is 5.69 Å². The molecule has 0 aliphatic carbocycles. The van der Waals surface area contributed by atoms with Crippen LogP contribution in [0.15, 0.2) is 36.7 Å². The van der Waals surface area contributed by atoms with E-state index >= 15 is 0 Å². The van der Waals surface area contributed by atoms with E-state index in [4.69, 9.17) is 5.26 Å². The summed E-state index contributed by atoms with van der Waals surface area (Å²) in [5.41, 5.74) is 0.854. The van der Waals surface area contributed by atoms with Gasteiger partial charge < -0.3 is 10.1 Å². The molecule has 7 heteroatoms. The van der Waals surface area contributed by atoms with Gasteiger partial charge in [-0.15, -0.1) is 0 Å². The molecule has 1 N–H and O–H groups in total. The van der Waals surface area contributed by atoms with Gasteiger partial charge in [-0.2, -0.15) is 14.0 Å². The zero-order valence-corrected chi connectivity index (χ0v) is 9.55. The molecule has 19 heavy (non-hydrogen) atoms. The molecule has 96 valence electrons. The van der Waals surface area contributed by atoms with Gasteiger partial charge in [0, 0.05) is 5.69 Å². The molecule has 0 radical (unpaired) electrons. The molecular formula is C12H8F2N4O. The number of halogens is 2. The summed E-state index contributed by atoms with van der Waals surface area (Å²) in [6.07, 6.45) is 2.73. The van der Waals surface area contributed by atoms with Crippen LogP contribution >= 0.6 is 0 Å². The van der Waals surface area contributed by atoms with E-state index in [2.05, 4.69) is 20.0 Å². The largest absolute Gasteiger partial charge is 0.435 e. The van der Waals surface area contributed by atoms with Crippen LogP contribution < -0.4 is 10.1 Å². The number of ether oxygens (including phenoxy) is 1. The van der Waals surface area contributed by atoms with Crippen LogP contribution in [-0.4, -0.2) is 16.6 Å². The average molecular weight is 262 g/mol. The summed E-state index contributed by atoms with van der Waals surface area (Å²) in [4.78, 5) is 7.81. The van der Waals surface area contributed by atoms with Crippen LogP contribution in [0.4, 0.5) is 20.3 Å². The van der Waals surface area contributed by atoms with Gasteiger partial charge in [-0.05, 0) is 24.3 Å². The Labute approximate surface area is 107 Å². The minimum Gasteiger partial charge on any atom is -0.435 e. The van der Waals surface area contributed by atoms with E-state index in [0.29, 0.717) is 11.5 Å². The van der Waals surface area contributed by atoms with E-state index < -0.39 is 6.61 Å². The third kappa shape index (κ3) is 3.61. The summed E-state index contributed by atoms with van der Waals surface area (Å²) in [6.45, 7) is -2.84. The second kappa shape index (κ2) is 5.73. The highest BCUT2D eigenvalue weighted by atomic mass is 19.3. The van der Waals surface area contributed by atoms with E-state index in [1.807, 2.05) is 6.07 Å². The minimum atomic E-state index is -2.84.